The summed E-state index contributed by atoms with van der Waals surface area (Å²) in [7, 11) is 4.56. The van der Waals surface area contributed by atoms with Crippen molar-refractivity contribution in [3.8, 4) is 17.2 Å². The minimum absolute atomic E-state index is 0.288. The van der Waals surface area contributed by atoms with Crippen LogP contribution in [0.2, 0.25) is 0 Å². The van der Waals surface area contributed by atoms with Crippen LogP contribution < -0.4 is 19.5 Å². The van der Waals surface area contributed by atoms with E-state index in [1.165, 1.54) is 21.3 Å². The number of carbonyl (C=O) groups is 3. The van der Waals surface area contributed by atoms with E-state index in [1.807, 2.05) is 65.7 Å². The Morgan fingerprint density at radius 1 is 0.795 bits per heavy atom. The van der Waals surface area contributed by atoms with E-state index in [2.05, 4.69) is 5.32 Å². The molecule has 8 heteroatoms. The quantitative estimate of drug-likeness (QED) is 0.278. The summed E-state index contributed by atoms with van der Waals surface area (Å²) in [6, 6.07) is 25.4. The molecule has 3 aliphatic heterocycles. The molecule has 220 valence electrons. The second-order valence-electron chi connectivity index (χ2n) is 11.1. The fraction of sp³-hybridized carbons (Fsp3) is 0.194. The van der Waals surface area contributed by atoms with Crippen molar-refractivity contribution in [2.75, 3.05) is 26.6 Å². The van der Waals surface area contributed by atoms with Crippen molar-refractivity contribution in [1.29, 1.82) is 0 Å². The van der Waals surface area contributed by atoms with Crippen molar-refractivity contribution in [2.45, 2.75) is 17.5 Å². The summed E-state index contributed by atoms with van der Waals surface area (Å²) in [5, 5.41) is 3.07. The molecule has 1 saturated heterocycles. The molecule has 8 nitrogen and oxygen atoms in total. The van der Waals surface area contributed by atoms with Gasteiger partial charge in [0.1, 0.15) is 28.7 Å². The van der Waals surface area contributed by atoms with E-state index < -0.39 is 23.4 Å². The molecule has 1 fully saturated rings. The molecule has 3 aliphatic rings. The molecule has 1 spiro atoms. The van der Waals surface area contributed by atoms with Crippen molar-refractivity contribution in [3.05, 3.63) is 125 Å². The average Bonchev–Trinajstić information content (AvgIpc) is 3.55. The number of nitrogens with one attached hydrogen (secondary N) is 1. The van der Waals surface area contributed by atoms with E-state index >= 15 is 0 Å². The maximum Gasteiger partial charge on any atom is 0.238 e. The number of amides is 1. The zero-order valence-corrected chi connectivity index (χ0v) is 24.4. The lowest BCUT2D eigenvalue weighted by Gasteiger charge is -2.38. The van der Waals surface area contributed by atoms with Crippen molar-refractivity contribution >= 4 is 29.2 Å². The first kappa shape index (κ1) is 27.5. The number of hydrogen-bond donors (Lipinski definition) is 1. The molecule has 7 rings (SSSR count). The predicted molar refractivity (Wildman–Crippen MR) is 165 cm³/mol. The number of anilines is 1. The van der Waals surface area contributed by atoms with Crippen LogP contribution in [-0.4, -0.2) is 49.7 Å². The van der Waals surface area contributed by atoms with Crippen LogP contribution in [-0.2, 0) is 10.2 Å². The number of para-hydroxylation sites is 1. The summed E-state index contributed by atoms with van der Waals surface area (Å²) in [6.07, 6.45) is 3.78. The van der Waals surface area contributed by atoms with Gasteiger partial charge in [-0.3, -0.25) is 14.4 Å². The maximum absolute atomic E-state index is 15.0. The lowest BCUT2D eigenvalue weighted by molar-refractivity contribution is -0.122. The fourth-order valence-corrected chi connectivity index (χ4v) is 7.29. The zero-order chi connectivity index (χ0) is 30.6. The highest BCUT2D eigenvalue weighted by atomic mass is 16.5. The van der Waals surface area contributed by atoms with Crippen molar-refractivity contribution < 1.29 is 28.6 Å². The zero-order valence-electron chi connectivity index (χ0n) is 24.4. The van der Waals surface area contributed by atoms with Crippen LogP contribution in [0.15, 0.2) is 97.2 Å². The SMILES string of the molecule is COc1cccc(C(=O)[C@H]2[C@@H](C(=O)c3ccc(OC)cc3OC)N3C=Cc4ccccc4[C@@H]3[C@]23C(=O)Nc2ccccc23)c1. The Bertz CT molecular complexity index is 1870. The Morgan fingerprint density at radius 2 is 1.55 bits per heavy atom. The Hall–Kier alpha value is -5.37. The van der Waals surface area contributed by atoms with Crippen LogP contribution in [0.4, 0.5) is 5.69 Å². The third kappa shape index (κ3) is 3.80. The highest BCUT2D eigenvalue weighted by Gasteiger charge is 2.70. The average molecular weight is 587 g/mol. The van der Waals surface area contributed by atoms with Gasteiger partial charge in [0.25, 0.3) is 0 Å². The maximum atomic E-state index is 15.0. The Labute approximate surface area is 254 Å². The number of hydrogen-bond acceptors (Lipinski definition) is 7. The van der Waals surface area contributed by atoms with Crippen LogP contribution in [0.1, 0.15) is 43.4 Å². The fourth-order valence-electron chi connectivity index (χ4n) is 7.29. The first-order valence-electron chi connectivity index (χ1n) is 14.3. The van der Waals surface area contributed by atoms with Crippen molar-refractivity contribution in [1.82, 2.24) is 4.90 Å². The van der Waals surface area contributed by atoms with Gasteiger partial charge in [-0.15, -0.1) is 0 Å². The second-order valence-corrected chi connectivity index (χ2v) is 11.1. The van der Waals surface area contributed by atoms with E-state index in [9.17, 15) is 14.4 Å². The van der Waals surface area contributed by atoms with Gasteiger partial charge in [0.05, 0.1) is 38.9 Å². The number of fused-ring (bicyclic) bond motifs is 6. The first-order chi connectivity index (χ1) is 21.4. The van der Waals surface area contributed by atoms with Crippen LogP contribution in [0, 0.1) is 5.92 Å². The standard InChI is InChI=1S/C36H30N2O6/c1-42-23-11-8-10-22(19-23)32(39)30-31(33(40)26-16-15-24(43-2)20-29(26)44-3)38-18-17-21-9-4-5-12-25(21)34(38)36(30)27-13-6-7-14-28(27)37-35(36)41/h4-20,30-31,34H,1-3H3,(H,37,41)/t30-,31+,34-,36-/m1/s1. The Kier molecular flexibility index (Phi) is 6.50. The first-order valence-corrected chi connectivity index (χ1v) is 14.3. The molecule has 4 aromatic carbocycles. The largest absolute Gasteiger partial charge is 0.497 e. The lowest BCUT2D eigenvalue weighted by atomic mass is 9.62. The van der Waals surface area contributed by atoms with E-state index in [-0.39, 0.29) is 23.0 Å². The van der Waals surface area contributed by atoms with Gasteiger partial charge in [0, 0.05) is 23.5 Å². The van der Waals surface area contributed by atoms with Crippen molar-refractivity contribution in [3.63, 3.8) is 0 Å². The molecule has 0 aliphatic carbocycles. The molecular formula is C36H30N2O6. The summed E-state index contributed by atoms with van der Waals surface area (Å²) in [6.45, 7) is 0. The molecule has 1 amide bonds. The van der Waals surface area contributed by atoms with Crippen molar-refractivity contribution in [2.24, 2.45) is 5.92 Å². The summed E-state index contributed by atoms with van der Waals surface area (Å²) >= 11 is 0. The number of ketones is 2. The highest BCUT2D eigenvalue weighted by Crippen LogP contribution is 2.62. The molecule has 0 radical (unpaired) electrons. The summed E-state index contributed by atoms with van der Waals surface area (Å²) in [5.41, 5.74) is 2.30. The second kappa shape index (κ2) is 10.4. The van der Waals surface area contributed by atoms with E-state index in [0.29, 0.717) is 34.1 Å². The normalized spacial score (nSPS) is 22.6. The Morgan fingerprint density at radius 3 is 2.34 bits per heavy atom. The van der Waals surface area contributed by atoms with Gasteiger partial charge in [-0.2, -0.15) is 0 Å². The monoisotopic (exact) mass is 586 g/mol. The molecule has 1 N–H and O–H groups in total. The molecule has 0 unspecified atom stereocenters. The molecule has 44 heavy (non-hydrogen) atoms. The number of benzene rings is 4. The molecular weight excluding hydrogens is 556 g/mol. The number of ether oxygens (including phenoxy) is 3. The summed E-state index contributed by atoms with van der Waals surface area (Å²) < 4.78 is 16.5. The number of nitrogens with zero attached hydrogens (tertiary/aromatic N) is 1. The van der Waals surface area contributed by atoms with Crippen LogP contribution >= 0.6 is 0 Å². The third-order valence-electron chi connectivity index (χ3n) is 9.15. The molecule has 4 aromatic rings. The topological polar surface area (TPSA) is 94.2 Å². The summed E-state index contributed by atoms with van der Waals surface area (Å²) in [5.74, 6) is -0.760. The number of methoxy groups -OCH3 is 3. The van der Waals surface area contributed by atoms with Crippen LogP contribution in [0.25, 0.3) is 6.08 Å². The minimum atomic E-state index is -1.43. The number of Topliss-reactive ketones (excluding diaryl/α,β-unsaturated/α-hetero) is 2. The van der Waals surface area contributed by atoms with E-state index in [0.717, 1.165) is 11.1 Å². The van der Waals surface area contributed by atoms with Crippen LogP contribution in [0.5, 0.6) is 17.2 Å². The molecule has 0 aromatic heterocycles. The Balaban J connectivity index is 1.53. The van der Waals surface area contributed by atoms with Gasteiger partial charge in [-0.05, 0) is 53.1 Å². The number of rotatable bonds is 7. The molecule has 4 atom stereocenters. The highest BCUT2D eigenvalue weighted by molar-refractivity contribution is 6.17. The lowest BCUT2D eigenvalue weighted by Crippen LogP contribution is -2.49. The van der Waals surface area contributed by atoms with Crippen LogP contribution in [0.3, 0.4) is 0 Å². The summed E-state index contributed by atoms with van der Waals surface area (Å²) in [4.78, 5) is 46.4. The van der Waals surface area contributed by atoms with Gasteiger partial charge in [0.2, 0.25) is 5.91 Å². The van der Waals surface area contributed by atoms with Gasteiger partial charge >= 0.3 is 0 Å². The van der Waals surface area contributed by atoms with Gasteiger partial charge in [-0.1, -0.05) is 54.6 Å². The van der Waals surface area contributed by atoms with Gasteiger partial charge < -0.3 is 24.4 Å². The molecule has 3 heterocycles. The smallest absolute Gasteiger partial charge is 0.238 e. The molecule has 0 bridgehead atoms. The number of carbonyl (C=O) groups excluding carboxylic acids is 3. The minimum Gasteiger partial charge on any atom is -0.497 e. The van der Waals surface area contributed by atoms with Gasteiger partial charge in [-0.25, -0.2) is 0 Å². The van der Waals surface area contributed by atoms with Gasteiger partial charge in [0.15, 0.2) is 11.6 Å². The van der Waals surface area contributed by atoms with E-state index in [1.54, 1.807) is 42.5 Å². The van der Waals surface area contributed by atoms with E-state index in [4.69, 9.17) is 14.2 Å². The molecule has 0 saturated carbocycles. The third-order valence-corrected chi connectivity index (χ3v) is 9.15. The predicted octanol–water partition coefficient (Wildman–Crippen LogP) is 5.69.